The third-order valence-corrected chi connectivity index (χ3v) is 3.03. The van der Waals surface area contributed by atoms with E-state index in [0.29, 0.717) is 11.0 Å². The number of ether oxygens (including phenoxy) is 1. The minimum Gasteiger partial charge on any atom is -0.478 e. The average molecular weight is 198 g/mol. The van der Waals surface area contributed by atoms with Gasteiger partial charge < -0.3 is 9.84 Å². The maximum Gasteiger partial charge on any atom is 0.330 e. The van der Waals surface area contributed by atoms with Crippen LogP contribution in [0.3, 0.4) is 0 Å². The predicted molar refractivity (Wildman–Crippen MR) is 54.2 cm³/mol. The summed E-state index contributed by atoms with van der Waals surface area (Å²) in [7, 11) is 0. The third kappa shape index (κ3) is 2.58. The van der Waals surface area contributed by atoms with Crippen LogP contribution in [0.2, 0.25) is 0 Å². The Morgan fingerprint density at radius 2 is 2.21 bits per heavy atom. The van der Waals surface area contributed by atoms with E-state index in [4.69, 9.17) is 9.84 Å². The summed E-state index contributed by atoms with van der Waals surface area (Å²) >= 11 is 0. The molecule has 1 N–H and O–H groups in total. The molecule has 0 aromatic rings. The van der Waals surface area contributed by atoms with Crippen LogP contribution in [-0.2, 0) is 9.53 Å². The number of carboxylic acid groups (broad SMARTS) is 1. The molecule has 3 heteroatoms. The van der Waals surface area contributed by atoms with E-state index in [1.807, 2.05) is 0 Å². The number of aliphatic carboxylic acids is 1. The molecule has 0 aliphatic carbocycles. The van der Waals surface area contributed by atoms with Gasteiger partial charge in [0.1, 0.15) is 0 Å². The first kappa shape index (κ1) is 11.2. The summed E-state index contributed by atoms with van der Waals surface area (Å²) in [5.74, 6) is -0.819. The van der Waals surface area contributed by atoms with Crippen LogP contribution < -0.4 is 0 Å². The Hall–Kier alpha value is -0.830. The second-order valence-corrected chi connectivity index (χ2v) is 4.08. The minimum atomic E-state index is -0.819. The van der Waals surface area contributed by atoms with Crippen LogP contribution >= 0.6 is 0 Å². The summed E-state index contributed by atoms with van der Waals surface area (Å²) in [5.41, 5.74) is 0.770. The van der Waals surface area contributed by atoms with Gasteiger partial charge in [0.25, 0.3) is 0 Å². The quantitative estimate of drug-likeness (QED) is 0.689. The van der Waals surface area contributed by atoms with Crippen molar-refractivity contribution in [2.45, 2.75) is 33.1 Å². The molecule has 80 valence electrons. The van der Waals surface area contributed by atoms with Crippen molar-refractivity contribution in [3.05, 3.63) is 11.6 Å². The summed E-state index contributed by atoms with van der Waals surface area (Å²) in [6.45, 7) is 5.47. The van der Waals surface area contributed by atoms with Crippen LogP contribution in [0.25, 0.3) is 0 Å². The molecule has 14 heavy (non-hydrogen) atoms. The number of rotatable bonds is 5. The maximum absolute atomic E-state index is 10.5. The lowest BCUT2D eigenvalue weighted by Gasteiger charge is -2.40. The van der Waals surface area contributed by atoms with Crippen molar-refractivity contribution in [3.8, 4) is 0 Å². The fourth-order valence-corrected chi connectivity index (χ4v) is 1.60. The van der Waals surface area contributed by atoms with Crippen LogP contribution in [0.15, 0.2) is 11.6 Å². The van der Waals surface area contributed by atoms with Gasteiger partial charge >= 0.3 is 5.97 Å². The highest BCUT2D eigenvalue weighted by Gasteiger charge is 2.35. The first-order valence-corrected chi connectivity index (χ1v) is 5.07. The number of hydrogen-bond donors (Lipinski definition) is 1. The monoisotopic (exact) mass is 198 g/mol. The van der Waals surface area contributed by atoms with Crippen molar-refractivity contribution in [2.75, 3.05) is 13.2 Å². The maximum atomic E-state index is 10.5. The second kappa shape index (κ2) is 4.60. The van der Waals surface area contributed by atoms with Crippen LogP contribution in [-0.4, -0.2) is 24.3 Å². The highest BCUT2D eigenvalue weighted by molar-refractivity contribution is 5.85. The van der Waals surface area contributed by atoms with Crippen LogP contribution in [0.5, 0.6) is 0 Å². The van der Waals surface area contributed by atoms with Crippen molar-refractivity contribution in [1.82, 2.24) is 0 Å². The molecule has 0 radical (unpaired) electrons. The smallest absolute Gasteiger partial charge is 0.330 e. The van der Waals surface area contributed by atoms with Gasteiger partial charge in [-0.2, -0.15) is 0 Å². The third-order valence-electron chi connectivity index (χ3n) is 3.03. The fourth-order valence-electron chi connectivity index (χ4n) is 1.60. The molecule has 0 atom stereocenters. The molecular formula is C11H18O3. The van der Waals surface area contributed by atoms with Gasteiger partial charge in [-0.1, -0.05) is 13.0 Å². The van der Waals surface area contributed by atoms with E-state index in [1.54, 1.807) is 13.0 Å². The van der Waals surface area contributed by atoms with Crippen LogP contribution in [0.1, 0.15) is 33.1 Å². The van der Waals surface area contributed by atoms with Gasteiger partial charge in [0.05, 0.1) is 13.2 Å². The van der Waals surface area contributed by atoms with E-state index in [9.17, 15) is 4.79 Å². The number of hydrogen-bond acceptors (Lipinski definition) is 2. The standard InChI is InChI=1S/C11H18O3/c1-3-11(7-14-8-11)6-4-5-9(2)10(12)13/h5H,3-4,6-8H2,1-2H3,(H,12,13). The molecule has 0 aromatic carbocycles. The fraction of sp³-hybridized carbons (Fsp3) is 0.727. The van der Waals surface area contributed by atoms with E-state index < -0.39 is 5.97 Å². The van der Waals surface area contributed by atoms with Crippen molar-refractivity contribution in [2.24, 2.45) is 5.41 Å². The molecule has 1 fully saturated rings. The van der Waals surface area contributed by atoms with Crippen molar-refractivity contribution in [1.29, 1.82) is 0 Å². The molecule has 0 unspecified atom stereocenters. The Labute approximate surface area is 84.8 Å². The first-order valence-electron chi connectivity index (χ1n) is 5.07. The van der Waals surface area contributed by atoms with Gasteiger partial charge in [-0.3, -0.25) is 0 Å². The first-order chi connectivity index (χ1) is 6.59. The summed E-state index contributed by atoms with van der Waals surface area (Å²) in [5, 5.41) is 8.65. The molecule has 3 nitrogen and oxygen atoms in total. The van der Waals surface area contributed by atoms with E-state index >= 15 is 0 Å². The molecule has 1 aliphatic rings. The van der Waals surface area contributed by atoms with E-state index in [0.717, 1.165) is 32.5 Å². The average Bonchev–Trinajstić information content (AvgIpc) is 2.09. The molecular weight excluding hydrogens is 180 g/mol. The van der Waals surface area contributed by atoms with Gasteiger partial charge in [-0.05, 0) is 26.2 Å². The molecule has 1 saturated heterocycles. The Balaban J connectivity index is 2.33. The Morgan fingerprint density at radius 3 is 2.57 bits per heavy atom. The zero-order chi connectivity index (χ0) is 10.6. The molecule has 1 heterocycles. The summed E-state index contributed by atoms with van der Waals surface area (Å²) in [6.07, 6.45) is 4.80. The van der Waals surface area contributed by atoms with Crippen molar-refractivity contribution in [3.63, 3.8) is 0 Å². The summed E-state index contributed by atoms with van der Waals surface area (Å²) < 4.78 is 5.20. The second-order valence-electron chi connectivity index (χ2n) is 4.08. The highest BCUT2D eigenvalue weighted by atomic mass is 16.5. The SMILES string of the molecule is CCC1(CCC=C(C)C(=O)O)COC1. The summed E-state index contributed by atoms with van der Waals surface area (Å²) in [4.78, 5) is 10.5. The predicted octanol–water partition coefficient (Wildman–Crippen LogP) is 2.22. The Kier molecular flexibility index (Phi) is 3.69. The molecule has 0 aromatic heterocycles. The molecule has 0 bridgehead atoms. The van der Waals surface area contributed by atoms with E-state index in [1.165, 1.54) is 0 Å². The largest absolute Gasteiger partial charge is 0.478 e. The summed E-state index contributed by atoms with van der Waals surface area (Å²) in [6, 6.07) is 0. The highest BCUT2D eigenvalue weighted by Crippen LogP contribution is 2.36. The van der Waals surface area contributed by atoms with Crippen molar-refractivity contribution < 1.29 is 14.6 Å². The molecule has 0 amide bonds. The lowest BCUT2D eigenvalue weighted by Crippen LogP contribution is -2.41. The van der Waals surface area contributed by atoms with E-state index in [-0.39, 0.29) is 0 Å². The van der Waals surface area contributed by atoms with Gasteiger partial charge in [0.15, 0.2) is 0 Å². The molecule has 1 aliphatic heterocycles. The van der Waals surface area contributed by atoms with Crippen LogP contribution in [0, 0.1) is 5.41 Å². The van der Waals surface area contributed by atoms with Gasteiger partial charge in [0, 0.05) is 11.0 Å². The number of carbonyl (C=O) groups is 1. The zero-order valence-corrected chi connectivity index (χ0v) is 8.88. The van der Waals surface area contributed by atoms with Gasteiger partial charge in [0.2, 0.25) is 0 Å². The number of carboxylic acids is 1. The topological polar surface area (TPSA) is 46.5 Å². The van der Waals surface area contributed by atoms with Gasteiger partial charge in [-0.15, -0.1) is 0 Å². The molecule has 1 rings (SSSR count). The lowest BCUT2D eigenvalue weighted by molar-refractivity contribution is -0.132. The molecule has 0 spiro atoms. The van der Waals surface area contributed by atoms with Crippen LogP contribution in [0.4, 0.5) is 0 Å². The van der Waals surface area contributed by atoms with Gasteiger partial charge in [-0.25, -0.2) is 4.79 Å². The van der Waals surface area contributed by atoms with Crippen molar-refractivity contribution >= 4 is 5.97 Å². The normalized spacial score (nSPS) is 20.3. The lowest BCUT2D eigenvalue weighted by atomic mass is 9.79. The molecule has 0 saturated carbocycles. The number of allylic oxidation sites excluding steroid dienone is 1. The minimum absolute atomic E-state index is 0.329. The van der Waals surface area contributed by atoms with E-state index in [2.05, 4.69) is 6.92 Å². The zero-order valence-electron chi connectivity index (χ0n) is 8.88. The Morgan fingerprint density at radius 1 is 1.57 bits per heavy atom. The Bertz CT molecular complexity index is 233.